The fourth-order valence-electron chi connectivity index (χ4n) is 2.51. The van der Waals surface area contributed by atoms with Gasteiger partial charge in [-0.2, -0.15) is 13.2 Å². The van der Waals surface area contributed by atoms with Gasteiger partial charge < -0.3 is 5.73 Å². The first-order valence-electron chi connectivity index (χ1n) is 5.95. The van der Waals surface area contributed by atoms with Gasteiger partial charge in [-0.3, -0.25) is 0 Å². The van der Waals surface area contributed by atoms with Gasteiger partial charge in [0.1, 0.15) is 0 Å². The molecule has 1 aromatic rings. The van der Waals surface area contributed by atoms with Crippen molar-refractivity contribution in [3.63, 3.8) is 0 Å². The molecular formula is C13H16F3N. The third-order valence-corrected chi connectivity index (χ3v) is 3.46. The van der Waals surface area contributed by atoms with Crippen molar-refractivity contribution in [3.8, 4) is 0 Å². The predicted octanol–water partition coefficient (Wildman–Crippen LogP) is 4.34. The monoisotopic (exact) mass is 243 g/mol. The molecule has 2 N–H and O–H groups in total. The normalized spacial score (nSPS) is 18.3. The minimum absolute atomic E-state index is 0.183. The Bertz CT molecular complexity index is 392. The minimum atomic E-state index is -4.35. The van der Waals surface area contributed by atoms with Gasteiger partial charge in [-0.25, -0.2) is 0 Å². The van der Waals surface area contributed by atoms with Gasteiger partial charge in [-0.1, -0.05) is 25.3 Å². The smallest absolute Gasteiger partial charge is 0.398 e. The standard InChI is InChI=1S/C13H16F3N/c14-13(15,16)11-8-10(6-7-12(11)17)9-4-2-1-3-5-9/h6-9H,1-5,17H2. The van der Waals surface area contributed by atoms with Crippen molar-refractivity contribution in [3.05, 3.63) is 29.3 Å². The second-order valence-electron chi connectivity index (χ2n) is 4.68. The maximum absolute atomic E-state index is 12.7. The molecule has 1 aliphatic carbocycles. The van der Waals surface area contributed by atoms with E-state index in [1.165, 1.54) is 18.6 Å². The third-order valence-electron chi connectivity index (χ3n) is 3.46. The molecule has 2 rings (SSSR count). The second-order valence-corrected chi connectivity index (χ2v) is 4.68. The fraction of sp³-hybridized carbons (Fsp3) is 0.538. The lowest BCUT2D eigenvalue weighted by Gasteiger charge is -2.23. The van der Waals surface area contributed by atoms with Crippen molar-refractivity contribution in [2.24, 2.45) is 0 Å². The Kier molecular flexibility index (Phi) is 3.31. The van der Waals surface area contributed by atoms with E-state index < -0.39 is 11.7 Å². The van der Waals surface area contributed by atoms with Gasteiger partial charge >= 0.3 is 6.18 Å². The average Bonchev–Trinajstić information content (AvgIpc) is 2.29. The van der Waals surface area contributed by atoms with Crippen molar-refractivity contribution in [2.45, 2.75) is 44.2 Å². The van der Waals surface area contributed by atoms with Crippen LogP contribution in [-0.2, 0) is 6.18 Å². The van der Waals surface area contributed by atoms with Gasteiger partial charge in [0, 0.05) is 5.69 Å². The third kappa shape index (κ3) is 2.73. The van der Waals surface area contributed by atoms with E-state index in [9.17, 15) is 13.2 Å². The number of nitrogens with two attached hydrogens (primary N) is 1. The number of hydrogen-bond donors (Lipinski definition) is 1. The Morgan fingerprint density at radius 2 is 1.71 bits per heavy atom. The van der Waals surface area contributed by atoms with Crippen LogP contribution in [0.25, 0.3) is 0 Å². The van der Waals surface area contributed by atoms with E-state index in [0.29, 0.717) is 0 Å². The predicted molar refractivity (Wildman–Crippen MR) is 61.7 cm³/mol. The van der Waals surface area contributed by atoms with E-state index in [1.54, 1.807) is 6.07 Å². The molecule has 1 aromatic carbocycles. The average molecular weight is 243 g/mol. The molecular weight excluding hydrogens is 227 g/mol. The van der Waals surface area contributed by atoms with E-state index in [4.69, 9.17) is 5.73 Å². The molecule has 0 spiro atoms. The lowest BCUT2D eigenvalue weighted by Crippen LogP contribution is -2.11. The molecule has 0 unspecified atom stereocenters. The Morgan fingerprint density at radius 1 is 1.06 bits per heavy atom. The molecule has 0 heterocycles. The quantitative estimate of drug-likeness (QED) is 0.730. The summed E-state index contributed by atoms with van der Waals surface area (Å²) < 4.78 is 38.1. The first-order chi connectivity index (χ1) is 7.98. The molecule has 1 aliphatic rings. The number of alkyl halides is 3. The minimum Gasteiger partial charge on any atom is -0.398 e. The SMILES string of the molecule is Nc1ccc(C2CCCCC2)cc1C(F)(F)F. The summed E-state index contributed by atoms with van der Waals surface area (Å²) in [6, 6.07) is 4.35. The second kappa shape index (κ2) is 4.59. The summed E-state index contributed by atoms with van der Waals surface area (Å²) in [5, 5.41) is 0. The largest absolute Gasteiger partial charge is 0.418 e. The summed E-state index contributed by atoms with van der Waals surface area (Å²) in [4.78, 5) is 0. The molecule has 0 aromatic heterocycles. The summed E-state index contributed by atoms with van der Waals surface area (Å²) in [5.41, 5.74) is 5.29. The first-order valence-corrected chi connectivity index (χ1v) is 5.95. The zero-order valence-electron chi connectivity index (χ0n) is 9.56. The van der Waals surface area contributed by atoms with Crippen LogP contribution >= 0.6 is 0 Å². The molecule has 1 fully saturated rings. The molecule has 0 amide bonds. The number of benzene rings is 1. The summed E-state index contributed by atoms with van der Waals surface area (Å²) in [7, 11) is 0. The molecule has 0 saturated heterocycles. The molecule has 1 nitrogen and oxygen atoms in total. The van der Waals surface area contributed by atoms with Crippen LogP contribution in [0.5, 0.6) is 0 Å². The fourth-order valence-corrected chi connectivity index (χ4v) is 2.51. The Morgan fingerprint density at radius 3 is 2.29 bits per heavy atom. The Hall–Kier alpha value is -1.19. The zero-order chi connectivity index (χ0) is 12.5. The van der Waals surface area contributed by atoms with E-state index >= 15 is 0 Å². The maximum atomic E-state index is 12.7. The molecule has 0 radical (unpaired) electrons. The molecule has 1 saturated carbocycles. The Balaban J connectivity index is 2.30. The van der Waals surface area contributed by atoms with E-state index in [2.05, 4.69) is 0 Å². The van der Waals surface area contributed by atoms with Crippen LogP contribution in [0.3, 0.4) is 0 Å². The highest BCUT2D eigenvalue weighted by Crippen LogP contribution is 2.38. The molecule has 94 valence electrons. The van der Waals surface area contributed by atoms with E-state index in [1.807, 2.05) is 0 Å². The number of hydrogen-bond acceptors (Lipinski definition) is 1. The first kappa shape index (κ1) is 12.3. The van der Waals surface area contributed by atoms with Gasteiger partial charge in [-0.15, -0.1) is 0 Å². The zero-order valence-corrected chi connectivity index (χ0v) is 9.56. The lowest BCUT2D eigenvalue weighted by molar-refractivity contribution is -0.137. The molecule has 0 bridgehead atoms. The summed E-state index contributed by atoms with van der Waals surface area (Å²) in [6.45, 7) is 0. The van der Waals surface area contributed by atoms with Gasteiger partial charge in [0.25, 0.3) is 0 Å². The van der Waals surface area contributed by atoms with Crippen LogP contribution in [0.1, 0.15) is 49.1 Å². The Labute approximate surface area is 98.8 Å². The van der Waals surface area contributed by atoms with Crippen LogP contribution in [-0.4, -0.2) is 0 Å². The van der Waals surface area contributed by atoms with E-state index in [0.717, 1.165) is 31.2 Å². The van der Waals surface area contributed by atoms with Gasteiger partial charge in [-0.05, 0) is 36.5 Å². The van der Waals surface area contributed by atoms with Gasteiger partial charge in [0.2, 0.25) is 0 Å². The number of nitrogen functional groups attached to an aromatic ring is 1. The molecule has 0 atom stereocenters. The highest BCUT2D eigenvalue weighted by atomic mass is 19.4. The van der Waals surface area contributed by atoms with Crippen molar-refractivity contribution < 1.29 is 13.2 Å². The highest BCUT2D eigenvalue weighted by molar-refractivity contribution is 5.50. The summed E-state index contributed by atoms with van der Waals surface area (Å²) >= 11 is 0. The van der Waals surface area contributed by atoms with Crippen molar-refractivity contribution in [1.82, 2.24) is 0 Å². The molecule has 4 heteroatoms. The van der Waals surface area contributed by atoms with Gasteiger partial charge in [0.05, 0.1) is 5.56 Å². The highest BCUT2D eigenvalue weighted by Gasteiger charge is 2.33. The summed E-state index contributed by atoms with van der Waals surface area (Å²) in [5.74, 6) is 0.269. The van der Waals surface area contributed by atoms with Crippen LogP contribution in [0.15, 0.2) is 18.2 Å². The van der Waals surface area contributed by atoms with Crippen LogP contribution < -0.4 is 5.73 Å². The van der Waals surface area contributed by atoms with Crippen molar-refractivity contribution in [2.75, 3.05) is 5.73 Å². The van der Waals surface area contributed by atoms with E-state index in [-0.39, 0.29) is 11.6 Å². The number of rotatable bonds is 1. The topological polar surface area (TPSA) is 26.0 Å². The van der Waals surface area contributed by atoms with Crippen LogP contribution in [0.4, 0.5) is 18.9 Å². The maximum Gasteiger partial charge on any atom is 0.418 e. The molecule has 0 aliphatic heterocycles. The van der Waals surface area contributed by atoms with Crippen LogP contribution in [0.2, 0.25) is 0 Å². The number of halogens is 3. The van der Waals surface area contributed by atoms with Crippen LogP contribution in [0, 0.1) is 0 Å². The van der Waals surface area contributed by atoms with Crippen molar-refractivity contribution >= 4 is 5.69 Å². The molecule has 17 heavy (non-hydrogen) atoms. The van der Waals surface area contributed by atoms with Crippen molar-refractivity contribution in [1.29, 1.82) is 0 Å². The summed E-state index contributed by atoms with van der Waals surface area (Å²) in [6.07, 6.45) is 1.03. The van der Waals surface area contributed by atoms with Gasteiger partial charge in [0.15, 0.2) is 0 Å². The number of anilines is 1. The lowest BCUT2D eigenvalue weighted by atomic mass is 9.83.